The lowest BCUT2D eigenvalue weighted by molar-refractivity contribution is 0.414. The molecule has 0 bridgehead atoms. The molecule has 0 radical (unpaired) electrons. The molecule has 0 aliphatic carbocycles. The van der Waals surface area contributed by atoms with Gasteiger partial charge in [0, 0.05) is 11.4 Å². The van der Waals surface area contributed by atoms with Crippen LogP contribution in [0.1, 0.15) is 5.56 Å². The second kappa shape index (κ2) is 5.19. The van der Waals surface area contributed by atoms with Gasteiger partial charge in [-0.2, -0.15) is 0 Å². The van der Waals surface area contributed by atoms with Crippen LogP contribution in [0.15, 0.2) is 36.4 Å². The molecule has 0 aromatic heterocycles. The number of nitrogens with two attached hydrogens (primary N) is 1. The number of anilines is 3. The maximum Gasteiger partial charge on any atom is 0.119 e. The van der Waals surface area contributed by atoms with E-state index in [9.17, 15) is 0 Å². The van der Waals surface area contributed by atoms with Crippen LogP contribution in [0.5, 0.6) is 5.75 Å². The van der Waals surface area contributed by atoms with Gasteiger partial charge in [0.2, 0.25) is 0 Å². The SMILES string of the molecule is COc1ccc(Nc2ccc(N)cc2Cl)c(C)c1. The Labute approximate surface area is 112 Å². The molecule has 0 fully saturated rings. The number of methoxy groups -OCH3 is 1. The standard InChI is InChI=1S/C14H15ClN2O/c1-9-7-11(18-2)4-6-13(9)17-14-5-3-10(16)8-12(14)15/h3-8,17H,16H2,1-2H3. The van der Waals surface area contributed by atoms with Crippen molar-refractivity contribution >= 4 is 28.7 Å². The van der Waals surface area contributed by atoms with E-state index in [-0.39, 0.29) is 0 Å². The van der Waals surface area contributed by atoms with E-state index in [1.807, 2.05) is 37.3 Å². The largest absolute Gasteiger partial charge is 0.497 e. The molecule has 2 aromatic rings. The third kappa shape index (κ3) is 2.68. The summed E-state index contributed by atoms with van der Waals surface area (Å²) in [5, 5.41) is 3.88. The second-order valence-electron chi connectivity index (χ2n) is 4.05. The zero-order chi connectivity index (χ0) is 13.1. The first-order valence-electron chi connectivity index (χ1n) is 5.57. The highest BCUT2D eigenvalue weighted by atomic mass is 35.5. The van der Waals surface area contributed by atoms with Crippen LogP contribution in [-0.2, 0) is 0 Å². The van der Waals surface area contributed by atoms with E-state index in [1.165, 1.54) is 0 Å². The van der Waals surface area contributed by atoms with Gasteiger partial charge in [0.05, 0.1) is 17.8 Å². The summed E-state index contributed by atoms with van der Waals surface area (Å²) in [5.74, 6) is 0.835. The summed E-state index contributed by atoms with van der Waals surface area (Å²) in [6.45, 7) is 2.01. The molecule has 0 aliphatic heterocycles. The summed E-state index contributed by atoms with van der Waals surface area (Å²) in [6, 6.07) is 11.2. The van der Waals surface area contributed by atoms with E-state index >= 15 is 0 Å². The first kappa shape index (κ1) is 12.6. The van der Waals surface area contributed by atoms with Crippen LogP contribution in [0.3, 0.4) is 0 Å². The van der Waals surface area contributed by atoms with Crippen molar-refractivity contribution in [1.29, 1.82) is 0 Å². The normalized spacial score (nSPS) is 10.2. The highest BCUT2D eigenvalue weighted by Crippen LogP contribution is 2.30. The fourth-order valence-corrected chi connectivity index (χ4v) is 1.92. The molecule has 0 amide bonds. The first-order valence-corrected chi connectivity index (χ1v) is 5.94. The summed E-state index contributed by atoms with van der Waals surface area (Å²) in [5.41, 5.74) is 9.22. The number of nitrogens with one attached hydrogen (secondary N) is 1. The van der Waals surface area contributed by atoms with Crippen molar-refractivity contribution in [1.82, 2.24) is 0 Å². The smallest absolute Gasteiger partial charge is 0.119 e. The van der Waals surface area contributed by atoms with Gasteiger partial charge < -0.3 is 15.8 Å². The summed E-state index contributed by atoms with van der Waals surface area (Å²) < 4.78 is 5.17. The molecule has 0 saturated heterocycles. The molecule has 3 nitrogen and oxygen atoms in total. The number of nitrogen functional groups attached to an aromatic ring is 1. The molecule has 4 heteroatoms. The zero-order valence-corrected chi connectivity index (χ0v) is 11.1. The lowest BCUT2D eigenvalue weighted by atomic mass is 10.2. The van der Waals surface area contributed by atoms with Gasteiger partial charge >= 0.3 is 0 Å². The maximum atomic E-state index is 6.12. The summed E-state index contributed by atoms with van der Waals surface area (Å²) in [4.78, 5) is 0. The van der Waals surface area contributed by atoms with Crippen LogP contribution in [0.25, 0.3) is 0 Å². The lowest BCUT2D eigenvalue weighted by Crippen LogP contribution is -1.95. The minimum Gasteiger partial charge on any atom is -0.497 e. The molecule has 94 valence electrons. The molecule has 2 aromatic carbocycles. The number of rotatable bonds is 3. The van der Waals surface area contributed by atoms with Crippen LogP contribution in [0, 0.1) is 6.92 Å². The summed E-state index contributed by atoms with van der Waals surface area (Å²) in [7, 11) is 1.65. The Hall–Kier alpha value is -1.87. The second-order valence-corrected chi connectivity index (χ2v) is 4.45. The van der Waals surface area contributed by atoms with Crippen molar-refractivity contribution in [2.24, 2.45) is 0 Å². The van der Waals surface area contributed by atoms with Gasteiger partial charge in [-0.25, -0.2) is 0 Å². The number of hydrogen-bond acceptors (Lipinski definition) is 3. The number of benzene rings is 2. The Bertz CT molecular complexity index is 570. The molecule has 3 N–H and O–H groups in total. The van der Waals surface area contributed by atoms with Crippen LogP contribution in [-0.4, -0.2) is 7.11 Å². The number of ether oxygens (including phenoxy) is 1. The number of halogens is 1. The Morgan fingerprint density at radius 2 is 1.83 bits per heavy atom. The van der Waals surface area contributed by atoms with E-state index in [2.05, 4.69) is 5.32 Å². The number of aryl methyl sites for hydroxylation is 1. The van der Waals surface area contributed by atoms with Crippen molar-refractivity contribution in [2.75, 3.05) is 18.2 Å². The minimum atomic E-state index is 0.602. The quantitative estimate of drug-likeness (QED) is 0.823. The van der Waals surface area contributed by atoms with Crippen molar-refractivity contribution < 1.29 is 4.74 Å². The molecule has 0 spiro atoms. The number of hydrogen-bond donors (Lipinski definition) is 2. The average molecular weight is 263 g/mol. The van der Waals surface area contributed by atoms with Crippen molar-refractivity contribution in [3.63, 3.8) is 0 Å². The summed E-state index contributed by atoms with van der Waals surface area (Å²) in [6.07, 6.45) is 0. The van der Waals surface area contributed by atoms with Crippen LogP contribution < -0.4 is 15.8 Å². The van der Waals surface area contributed by atoms with Crippen LogP contribution in [0.4, 0.5) is 17.1 Å². The van der Waals surface area contributed by atoms with Gasteiger partial charge in [0.1, 0.15) is 5.75 Å². The van der Waals surface area contributed by atoms with Crippen molar-refractivity contribution in [3.8, 4) is 5.75 Å². The van der Waals surface area contributed by atoms with Gasteiger partial charge in [-0.05, 0) is 48.9 Å². The van der Waals surface area contributed by atoms with Gasteiger partial charge in [0.15, 0.2) is 0 Å². The highest BCUT2D eigenvalue weighted by molar-refractivity contribution is 6.33. The van der Waals surface area contributed by atoms with E-state index in [0.29, 0.717) is 10.7 Å². The van der Waals surface area contributed by atoms with Gasteiger partial charge in [-0.3, -0.25) is 0 Å². The predicted octanol–water partition coefficient (Wildman–Crippen LogP) is 3.98. The Morgan fingerprint density at radius 3 is 2.44 bits per heavy atom. The lowest BCUT2D eigenvalue weighted by Gasteiger charge is -2.12. The van der Waals surface area contributed by atoms with Crippen molar-refractivity contribution in [3.05, 3.63) is 47.0 Å². The van der Waals surface area contributed by atoms with E-state index in [0.717, 1.165) is 22.7 Å². The predicted molar refractivity (Wildman–Crippen MR) is 76.9 cm³/mol. The molecule has 0 atom stereocenters. The first-order chi connectivity index (χ1) is 8.60. The molecule has 18 heavy (non-hydrogen) atoms. The molecule has 0 unspecified atom stereocenters. The highest BCUT2D eigenvalue weighted by Gasteiger charge is 2.04. The monoisotopic (exact) mass is 262 g/mol. The Morgan fingerprint density at radius 1 is 1.11 bits per heavy atom. The van der Waals surface area contributed by atoms with E-state index in [4.69, 9.17) is 22.1 Å². The Kier molecular flexibility index (Phi) is 3.63. The average Bonchev–Trinajstić information content (AvgIpc) is 2.34. The third-order valence-electron chi connectivity index (χ3n) is 2.70. The van der Waals surface area contributed by atoms with Crippen molar-refractivity contribution in [2.45, 2.75) is 6.92 Å². The van der Waals surface area contributed by atoms with E-state index < -0.39 is 0 Å². The minimum absolute atomic E-state index is 0.602. The van der Waals surface area contributed by atoms with Gasteiger partial charge in [-0.15, -0.1) is 0 Å². The van der Waals surface area contributed by atoms with E-state index in [1.54, 1.807) is 13.2 Å². The van der Waals surface area contributed by atoms with Gasteiger partial charge in [-0.1, -0.05) is 11.6 Å². The van der Waals surface area contributed by atoms with Gasteiger partial charge in [0.25, 0.3) is 0 Å². The fourth-order valence-electron chi connectivity index (χ4n) is 1.68. The summed E-state index contributed by atoms with van der Waals surface area (Å²) >= 11 is 6.12. The molecule has 0 heterocycles. The molecule has 2 rings (SSSR count). The molecule has 0 saturated carbocycles. The molecule has 0 aliphatic rings. The fraction of sp³-hybridized carbons (Fsp3) is 0.143. The maximum absolute atomic E-state index is 6.12. The molecular weight excluding hydrogens is 248 g/mol. The van der Waals surface area contributed by atoms with Crippen LogP contribution >= 0.6 is 11.6 Å². The topological polar surface area (TPSA) is 47.3 Å². The third-order valence-corrected chi connectivity index (χ3v) is 3.01. The Balaban J connectivity index is 2.28. The zero-order valence-electron chi connectivity index (χ0n) is 10.3. The molecular formula is C14H15ClN2O. The van der Waals surface area contributed by atoms with Crippen LogP contribution in [0.2, 0.25) is 5.02 Å².